The lowest BCUT2D eigenvalue weighted by Gasteiger charge is -2.39. The Bertz CT molecular complexity index is 431. The van der Waals surface area contributed by atoms with Gasteiger partial charge in [0.05, 0.1) is 5.41 Å². The standard InChI is InChI=1S/C15H24N2O4/c1-15(2,14(20)21)11-4-3-7-16(10-11)8-9-17-12(18)5-6-13(17)19/h11H,3-10H2,1-2H3,(H,20,21). The number of imide groups is 1. The molecule has 0 spiro atoms. The summed E-state index contributed by atoms with van der Waals surface area (Å²) < 4.78 is 0. The molecule has 0 aromatic rings. The van der Waals surface area contributed by atoms with Crippen LogP contribution in [0.1, 0.15) is 39.5 Å². The summed E-state index contributed by atoms with van der Waals surface area (Å²) in [6.45, 7) is 6.24. The Labute approximate surface area is 125 Å². The third-order valence-electron chi connectivity index (χ3n) is 4.87. The van der Waals surface area contributed by atoms with Gasteiger partial charge in [-0.25, -0.2) is 0 Å². The van der Waals surface area contributed by atoms with E-state index in [1.165, 1.54) is 4.90 Å². The molecule has 1 atom stereocenters. The molecular formula is C15H24N2O4. The molecule has 2 aliphatic heterocycles. The topological polar surface area (TPSA) is 77.9 Å². The van der Waals surface area contributed by atoms with Crippen molar-refractivity contribution in [3.05, 3.63) is 0 Å². The molecule has 0 aromatic carbocycles. The largest absolute Gasteiger partial charge is 0.481 e. The fraction of sp³-hybridized carbons (Fsp3) is 0.800. The van der Waals surface area contributed by atoms with E-state index in [-0.39, 0.29) is 17.7 Å². The van der Waals surface area contributed by atoms with Crippen LogP contribution in [0.3, 0.4) is 0 Å². The third kappa shape index (κ3) is 3.43. The molecule has 6 nitrogen and oxygen atoms in total. The second-order valence-corrected chi connectivity index (χ2v) is 6.61. The van der Waals surface area contributed by atoms with Crippen molar-refractivity contribution in [2.24, 2.45) is 11.3 Å². The molecule has 2 heterocycles. The van der Waals surface area contributed by atoms with Crippen molar-refractivity contribution in [1.29, 1.82) is 0 Å². The van der Waals surface area contributed by atoms with E-state index < -0.39 is 11.4 Å². The summed E-state index contributed by atoms with van der Waals surface area (Å²) in [6.07, 6.45) is 2.53. The van der Waals surface area contributed by atoms with Crippen molar-refractivity contribution < 1.29 is 19.5 Å². The number of rotatable bonds is 5. The van der Waals surface area contributed by atoms with Gasteiger partial charge in [-0.2, -0.15) is 0 Å². The highest BCUT2D eigenvalue weighted by Gasteiger charge is 2.39. The molecule has 2 saturated heterocycles. The van der Waals surface area contributed by atoms with Gasteiger partial charge in [0.2, 0.25) is 11.8 Å². The van der Waals surface area contributed by atoms with Gasteiger partial charge in [-0.1, -0.05) is 0 Å². The first-order valence-corrected chi connectivity index (χ1v) is 7.61. The quantitative estimate of drug-likeness (QED) is 0.765. The minimum absolute atomic E-state index is 0.0839. The average Bonchev–Trinajstić information content (AvgIpc) is 2.76. The smallest absolute Gasteiger partial charge is 0.309 e. The fourth-order valence-electron chi connectivity index (χ4n) is 3.14. The van der Waals surface area contributed by atoms with Crippen LogP contribution in [0.2, 0.25) is 0 Å². The predicted molar refractivity (Wildman–Crippen MR) is 76.5 cm³/mol. The Hall–Kier alpha value is -1.43. The molecule has 0 aliphatic carbocycles. The molecule has 0 bridgehead atoms. The molecular weight excluding hydrogens is 272 g/mol. The molecule has 2 fully saturated rings. The third-order valence-corrected chi connectivity index (χ3v) is 4.87. The minimum atomic E-state index is -0.765. The van der Waals surface area contributed by atoms with Crippen LogP contribution in [0.5, 0.6) is 0 Å². The van der Waals surface area contributed by atoms with E-state index in [1.54, 1.807) is 13.8 Å². The number of carboxylic acid groups (broad SMARTS) is 1. The van der Waals surface area contributed by atoms with Gasteiger partial charge >= 0.3 is 5.97 Å². The molecule has 1 unspecified atom stereocenters. The number of carboxylic acids is 1. The van der Waals surface area contributed by atoms with Gasteiger partial charge in [-0.15, -0.1) is 0 Å². The molecule has 2 amide bonds. The van der Waals surface area contributed by atoms with E-state index in [4.69, 9.17) is 0 Å². The number of likely N-dealkylation sites (tertiary alicyclic amines) is 2. The molecule has 118 valence electrons. The first-order valence-electron chi connectivity index (χ1n) is 7.61. The Morgan fingerprint density at radius 1 is 1.24 bits per heavy atom. The zero-order valence-electron chi connectivity index (χ0n) is 12.8. The van der Waals surface area contributed by atoms with E-state index in [0.29, 0.717) is 25.9 Å². The maximum atomic E-state index is 11.6. The summed E-state index contributed by atoms with van der Waals surface area (Å²) in [5.41, 5.74) is -0.738. The lowest BCUT2D eigenvalue weighted by atomic mass is 9.74. The predicted octanol–water partition coefficient (Wildman–Crippen LogP) is 0.958. The maximum absolute atomic E-state index is 11.6. The van der Waals surface area contributed by atoms with E-state index in [0.717, 1.165) is 25.9 Å². The zero-order chi connectivity index (χ0) is 15.6. The second kappa shape index (κ2) is 6.13. The summed E-state index contributed by atoms with van der Waals surface area (Å²) in [7, 11) is 0. The molecule has 0 aromatic heterocycles. The number of aliphatic carboxylic acids is 1. The van der Waals surface area contributed by atoms with E-state index in [2.05, 4.69) is 4.90 Å². The highest BCUT2D eigenvalue weighted by molar-refractivity contribution is 6.01. The average molecular weight is 296 g/mol. The zero-order valence-corrected chi connectivity index (χ0v) is 12.8. The van der Waals surface area contributed by atoms with Gasteiger partial charge in [0.25, 0.3) is 0 Å². The number of hydrogen-bond acceptors (Lipinski definition) is 4. The van der Waals surface area contributed by atoms with Crippen molar-refractivity contribution in [2.45, 2.75) is 39.5 Å². The molecule has 2 rings (SSSR count). The minimum Gasteiger partial charge on any atom is -0.481 e. The van der Waals surface area contributed by atoms with Gasteiger partial charge < -0.3 is 10.0 Å². The van der Waals surface area contributed by atoms with Crippen LogP contribution in [-0.2, 0) is 14.4 Å². The van der Waals surface area contributed by atoms with Gasteiger partial charge in [-0.05, 0) is 39.2 Å². The van der Waals surface area contributed by atoms with Crippen LogP contribution < -0.4 is 0 Å². The van der Waals surface area contributed by atoms with Crippen LogP contribution in [0.15, 0.2) is 0 Å². The van der Waals surface area contributed by atoms with Crippen LogP contribution in [0.25, 0.3) is 0 Å². The van der Waals surface area contributed by atoms with Gasteiger partial charge in [0, 0.05) is 32.5 Å². The number of carbonyl (C=O) groups is 3. The SMILES string of the molecule is CC(C)(C(=O)O)C1CCCN(CCN2C(=O)CCC2=O)C1. The Balaban J connectivity index is 1.88. The number of amides is 2. The monoisotopic (exact) mass is 296 g/mol. The van der Waals surface area contributed by atoms with E-state index in [1.807, 2.05) is 0 Å². The lowest BCUT2D eigenvalue weighted by molar-refractivity contribution is -0.151. The highest BCUT2D eigenvalue weighted by Crippen LogP contribution is 2.34. The molecule has 21 heavy (non-hydrogen) atoms. The number of piperidine rings is 1. The lowest BCUT2D eigenvalue weighted by Crippen LogP contribution is -2.47. The highest BCUT2D eigenvalue weighted by atomic mass is 16.4. The summed E-state index contributed by atoms with van der Waals surface area (Å²) in [5, 5.41) is 9.34. The second-order valence-electron chi connectivity index (χ2n) is 6.61. The van der Waals surface area contributed by atoms with E-state index in [9.17, 15) is 19.5 Å². The molecule has 2 aliphatic rings. The van der Waals surface area contributed by atoms with E-state index >= 15 is 0 Å². The van der Waals surface area contributed by atoms with Gasteiger partial charge in [-0.3, -0.25) is 19.3 Å². The van der Waals surface area contributed by atoms with Crippen LogP contribution in [0.4, 0.5) is 0 Å². The molecule has 6 heteroatoms. The summed E-state index contributed by atoms with van der Waals surface area (Å²) in [6, 6.07) is 0. The Kier molecular flexibility index (Phi) is 4.66. The van der Waals surface area contributed by atoms with Crippen molar-refractivity contribution in [1.82, 2.24) is 9.80 Å². The molecule has 0 radical (unpaired) electrons. The number of hydrogen-bond donors (Lipinski definition) is 1. The normalized spacial score (nSPS) is 24.7. The summed E-state index contributed by atoms with van der Waals surface area (Å²) in [5.74, 6) is -0.827. The number of carbonyl (C=O) groups excluding carboxylic acids is 2. The molecule has 0 saturated carbocycles. The van der Waals surface area contributed by atoms with Crippen molar-refractivity contribution >= 4 is 17.8 Å². The fourth-order valence-corrected chi connectivity index (χ4v) is 3.14. The Morgan fingerprint density at radius 3 is 2.43 bits per heavy atom. The van der Waals surface area contributed by atoms with Gasteiger partial charge in [0.1, 0.15) is 0 Å². The summed E-state index contributed by atoms with van der Waals surface area (Å²) in [4.78, 5) is 38.0. The first-order chi connectivity index (χ1) is 9.82. The van der Waals surface area contributed by atoms with Crippen molar-refractivity contribution in [3.8, 4) is 0 Å². The van der Waals surface area contributed by atoms with Crippen LogP contribution in [-0.4, -0.2) is 58.9 Å². The van der Waals surface area contributed by atoms with Gasteiger partial charge in [0.15, 0.2) is 0 Å². The number of nitrogens with zero attached hydrogens (tertiary/aromatic N) is 2. The summed E-state index contributed by atoms with van der Waals surface area (Å²) >= 11 is 0. The molecule has 1 N–H and O–H groups in total. The maximum Gasteiger partial charge on any atom is 0.309 e. The van der Waals surface area contributed by atoms with Crippen LogP contribution in [0, 0.1) is 11.3 Å². The van der Waals surface area contributed by atoms with Crippen molar-refractivity contribution in [2.75, 3.05) is 26.2 Å². The Morgan fingerprint density at radius 2 is 1.86 bits per heavy atom. The first kappa shape index (κ1) is 15.9. The van der Waals surface area contributed by atoms with Crippen LogP contribution >= 0.6 is 0 Å². The van der Waals surface area contributed by atoms with Crippen molar-refractivity contribution in [3.63, 3.8) is 0 Å².